The molecule has 6 N–H and O–H groups in total. The van der Waals surface area contributed by atoms with Crippen molar-refractivity contribution in [3.8, 4) is 57.5 Å². The second-order valence-corrected chi connectivity index (χ2v) is 16.2. The van der Waals surface area contributed by atoms with Gasteiger partial charge in [0, 0.05) is 100 Å². The average Bonchev–Trinajstić information content (AvgIpc) is 4.12. The van der Waals surface area contributed by atoms with Gasteiger partial charge in [-0.1, -0.05) is 47.9 Å². The number of amides is 2. The maximum atomic E-state index is 12.5. The zero-order chi connectivity index (χ0) is 50.8. The number of rotatable bonds is 8. The number of aryl methyl sites for hydroxylation is 2. The minimum absolute atomic E-state index is 0.127. The fraction of sp³-hybridized carbons (Fsp3) is 0.280. The number of nitrogens with zero attached hydrogens (tertiary/aromatic N) is 8. The first-order valence-corrected chi connectivity index (χ1v) is 22.0. The normalized spacial score (nSPS) is 16.9. The molecule has 2 saturated heterocycles. The van der Waals surface area contributed by atoms with Gasteiger partial charge in [-0.05, 0) is 74.5 Å². The number of aliphatic hydroxyl groups is 2. The molecule has 2 aliphatic heterocycles. The number of nitrogens with two attached hydrogens (primary N) is 1. The summed E-state index contributed by atoms with van der Waals surface area (Å²) in [7, 11) is 5.33. The van der Waals surface area contributed by atoms with Gasteiger partial charge in [0.05, 0.1) is 35.9 Å². The van der Waals surface area contributed by atoms with Crippen LogP contribution in [0.15, 0.2) is 97.3 Å². The predicted molar refractivity (Wildman–Crippen MR) is 259 cm³/mol. The van der Waals surface area contributed by atoms with E-state index in [1.165, 1.54) is 26.7 Å². The largest absolute Gasteiger partial charge is 0.507 e. The number of pyridine rings is 2. The zero-order valence-electron chi connectivity index (χ0n) is 39.5. The van der Waals surface area contributed by atoms with Crippen LogP contribution in [0.5, 0.6) is 0 Å². The fourth-order valence-electron chi connectivity index (χ4n) is 7.24. The number of carbonyl (C=O) groups is 4. The maximum Gasteiger partial charge on any atom is 0.507 e. The average molecular weight is 950 g/mol. The SMILES string of the molecule is CCOC(=O)c1cc(-c2ccnn2C)cc(-c2cccc(C#C[C@]3(O)CCN(C)C3=O)c2)n1.CCOC(=O)c1cc(N)cc(-c2cccc(C#C[C@]3(O)CCN(C)C3=O)c2)n1.Cn1nccc1B(O)O. The number of hydrogen-bond acceptors (Lipinski definition) is 15. The summed E-state index contributed by atoms with van der Waals surface area (Å²) in [5.41, 5.74) is 9.01. The van der Waals surface area contributed by atoms with Crippen LogP contribution in [-0.4, -0.2) is 142 Å². The van der Waals surface area contributed by atoms with Crippen LogP contribution in [0, 0.1) is 23.7 Å². The Labute approximate surface area is 404 Å². The van der Waals surface area contributed by atoms with Gasteiger partial charge in [0.25, 0.3) is 11.8 Å². The number of hydrogen-bond donors (Lipinski definition) is 5. The lowest BCUT2D eigenvalue weighted by atomic mass is 9.86. The van der Waals surface area contributed by atoms with E-state index in [-0.39, 0.29) is 37.4 Å². The second kappa shape index (κ2) is 22.3. The van der Waals surface area contributed by atoms with Gasteiger partial charge in [0.15, 0.2) is 5.69 Å². The lowest BCUT2D eigenvalue weighted by molar-refractivity contribution is -0.138. The molecule has 0 spiro atoms. The molecule has 6 aromatic rings. The number of esters is 2. The summed E-state index contributed by atoms with van der Waals surface area (Å²) in [5.74, 6) is 9.35. The molecule has 0 bridgehead atoms. The van der Waals surface area contributed by atoms with Crippen molar-refractivity contribution in [3.05, 3.63) is 120 Å². The molecule has 20 heteroatoms. The molecule has 360 valence electrons. The van der Waals surface area contributed by atoms with Gasteiger partial charge in [-0.3, -0.25) is 19.0 Å². The smallest absolute Gasteiger partial charge is 0.461 e. The summed E-state index contributed by atoms with van der Waals surface area (Å²) < 4.78 is 13.3. The minimum atomic E-state index is -1.67. The van der Waals surface area contributed by atoms with Crippen LogP contribution in [0.1, 0.15) is 58.8 Å². The number of aromatic nitrogens is 6. The molecule has 0 saturated carbocycles. The van der Waals surface area contributed by atoms with Gasteiger partial charge in [0.1, 0.15) is 5.69 Å². The first-order chi connectivity index (χ1) is 33.3. The molecule has 8 rings (SSSR count). The lowest BCUT2D eigenvalue weighted by Crippen LogP contribution is -2.37. The van der Waals surface area contributed by atoms with E-state index < -0.39 is 42.1 Å². The summed E-state index contributed by atoms with van der Waals surface area (Å²) >= 11 is 0. The third-order valence-electron chi connectivity index (χ3n) is 11.0. The van der Waals surface area contributed by atoms with Crippen molar-refractivity contribution in [1.29, 1.82) is 0 Å². The van der Waals surface area contributed by atoms with Crippen molar-refractivity contribution in [2.24, 2.45) is 14.1 Å². The van der Waals surface area contributed by atoms with E-state index in [9.17, 15) is 29.4 Å². The molecule has 0 unspecified atom stereocenters. The highest BCUT2D eigenvalue weighted by molar-refractivity contribution is 6.57. The van der Waals surface area contributed by atoms with Gasteiger partial charge >= 0.3 is 19.1 Å². The molecule has 2 fully saturated rings. The number of likely N-dealkylation sites (N-methyl/N-ethyl adjacent to an activating group) is 2. The third-order valence-corrected chi connectivity index (χ3v) is 11.0. The van der Waals surface area contributed by atoms with Gasteiger partial charge in [0.2, 0.25) is 11.2 Å². The summed E-state index contributed by atoms with van der Waals surface area (Å²) in [4.78, 5) is 60.4. The van der Waals surface area contributed by atoms with E-state index in [4.69, 9.17) is 25.3 Å². The quantitative estimate of drug-likeness (QED) is 0.0828. The number of likely N-dealkylation sites (tertiary alicyclic amines) is 2. The Morgan fingerprint density at radius 1 is 0.671 bits per heavy atom. The minimum Gasteiger partial charge on any atom is -0.461 e. The topological polar surface area (TPSA) is 262 Å². The summed E-state index contributed by atoms with van der Waals surface area (Å²) in [5, 5.41) is 46.1. The molecule has 0 radical (unpaired) electrons. The standard InChI is InChI=1S/C25H24N4O4.C21H21N3O4.C4H7BN2O2/c1-4-33-23(30)21-16-19(22-9-12-26-29(22)3)15-20(27-21)18-7-5-6-17(14-18)8-10-25(32)11-13-28(2)24(25)31;1-3-28-19(25)18-13-16(22)12-17(23-18)15-6-4-5-14(11-15)7-8-21(27)9-10-24(2)20(21)26;1-7-4(5(8)9)2-3-6-7/h5-7,9,12,14-16,32H,4,11,13H2,1-3H3;4-6,11-13,27H,3,9-10H2,1-2H3,(H2,22,23);2-3,8-9H,1H3/t25-;21-;/m00./s1. The van der Waals surface area contributed by atoms with Crippen molar-refractivity contribution >= 4 is 42.2 Å². The van der Waals surface area contributed by atoms with Gasteiger partial charge in [-0.15, -0.1) is 0 Å². The van der Waals surface area contributed by atoms with E-state index >= 15 is 0 Å². The Morgan fingerprint density at radius 2 is 1.16 bits per heavy atom. The van der Waals surface area contributed by atoms with Crippen LogP contribution >= 0.6 is 0 Å². The van der Waals surface area contributed by atoms with Crippen molar-refractivity contribution in [2.75, 3.05) is 46.1 Å². The molecular weight excluding hydrogens is 897 g/mol. The Hall–Kier alpha value is -8.14. The van der Waals surface area contributed by atoms with Gasteiger partial charge in [-0.2, -0.15) is 10.2 Å². The summed E-state index contributed by atoms with van der Waals surface area (Å²) in [6.07, 6.45) is 3.73. The molecule has 6 heterocycles. The van der Waals surface area contributed by atoms with E-state index in [2.05, 4.69) is 43.8 Å². The van der Waals surface area contributed by atoms with Gasteiger partial charge < -0.3 is 45.3 Å². The van der Waals surface area contributed by atoms with Crippen LogP contribution in [0.2, 0.25) is 0 Å². The van der Waals surface area contributed by atoms with Crippen LogP contribution < -0.4 is 11.3 Å². The third kappa shape index (κ3) is 12.3. The van der Waals surface area contributed by atoms with E-state index in [1.807, 2.05) is 43.4 Å². The number of ether oxygens (including phenoxy) is 2. The Balaban J connectivity index is 0.000000197. The number of anilines is 1. The highest BCUT2D eigenvalue weighted by atomic mass is 16.5. The molecule has 4 aromatic heterocycles. The molecule has 2 aromatic carbocycles. The molecule has 70 heavy (non-hydrogen) atoms. The van der Waals surface area contributed by atoms with Crippen LogP contribution in [0.25, 0.3) is 33.8 Å². The van der Waals surface area contributed by atoms with Crippen molar-refractivity contribution < 1.29 is 48.9 Å². The first kappa shape index (κ1) is 51.3. The lowest BCUT2D eigenvalue weighted by Gasteiger charge is -2.13. The molecule has 2 atom stereocenters. The van der Waals surface area contributed by atoms with E-state index in [0.29, 0.717) is 52.4 Å². The summed E-state index contributed by atoms with van der Waals surface area (Å²) in [6.45, 7) is 4.88. The number of carbonyl (C=O) groups excluding carboxylic acids is 4. The molecule has 19 nitrogen and oxygen atoms in total. The number of nitrogen functional groups attached to an aromatic ring is 1. The molecule has 2 amide bonds. The van der Waals surface area contributed by atoms with Crippen molar-refractivity contribution in [2.45, 2.75) is 37.9 Å². The van der Waals surface area contributed by atoms with Crippen LogP contribution in [0.3, 0.4) is 0 Å². The summed E-state index contributed by atoms with van der Waals surface area (Å²) in [6, 6.07) is 24.5. The number of benzene rings is 2. The van der Waals surface area contributed by atoms with Crippen LogP contribution in [-0.2, 0) is 33.2 Å². The monoisotopic (exact) mass is 949 g/mol. The highest BCUT2D eigenvalue weighted by Gasteiger charge is 2.43. The Kier molecular flexibility index (Phi) is 16.3. The van der Waals surface area contributed by atoms with E-state index in [0.717, 1.165) is 16.8 Å². The van der Waals surface area contributed by atoms with Crippen molar-refractivity contribution in [3.63, 3.8) is 0 Å². The predicted octanol–water partition coefficient (Wildman–Crippen LogP) is 1.82. The van der Waals surface area contributed by atoms with E-state index in [1.54, 1.807) is 88.3 Å². The molecule has 2 aliphatic rings. The van der Waals surface area contributed by atoms with Gasteiger partial charge in [-0.25, -0.2) is 19.6 Å². The highest BCUT2D eigenvalue weighted by Crippen LogP contribution is 2.28. The Morgan fingerprint density at radius 3 is 1.57 bits per heavy atom. The maximum absolute atomic E-state index is 12.5. The molecular formula is C50H52BN9O10. The fourth-order valence-corrected chi connectivity index (χ4v) is 7.24. The molecule has 0 aliphatic carbocycles. The second-order valence-electron chi connectivity index (χ2n) is 16.2. The zero-order valence-corrected chi connectivity index (χ0v) is 39.5. The van der Waals surface area contributed by atoms with Crippen molar-refractivity contribution in [1.82, 2.24) is 39.3 Å². The van der Waals surface area contributed by atoms with Crippen LogP contribution in [0.4, 0.5) is 5.69 Å². The Bertz CT molecular complexity index is 3040. The first-order valence-electron chi connectivity index (χ1n) is 22.0.